The van der Waals surface area contributed by atoms with Crippen molar-refractivity contribution in [3.05, 3.63) is 28.8 Å². The number of carbonyl (C=O) groups is 2. The molecule has 0 saturated carbocycles. The summed E-state index contributed by atoms with van der Waals surface area (Å²) in [5.74, 6) is -0.902. The van der Waals surface area contributed by atoms with E-state index in [0.29, 0.717) is 17.3 Å². The molecule has 0 heterocycles. The second-order valence-corrected chi connectivity index (χ2v) is 5.13. The molecule has 5 nitrogen and oxygen atoms in total. The van der Waals surface area contributed by atoms with Gasteiger partial charge in [-0.2, -0.15) is 0 Å². The minimum atomic E-state index is -0.598. The Labute approximate surface area is 129 Å². The number of anilines is 1. The van der Waals surface area contributed by atoms with Crippen molar-refractivity contribution < 1.29 is 14.3 Å². The summed E-state index contributed by atoms with van der Waals surface area (Å²) in [4.78, 5) is 23.2. The van der Waals surface area contributed by atoms with E-state index in [-0.39, 0.29) is 18.1 Å². The molecule has 1 aromatic rings. The summed E-state index contributed by atoms with van der Waals surface area (Å²) in [6.07, 6.45) is 4.32. The van der Waals surface area contributed by atoms with E-state index in [1.807, 2.05) is 0 Å². The number of hydrogen-bond donors (Lipinski definition) is 2. The molecule has 6 heteroatoms. The Bertz CT molecular complexity index is 492. The third-order valence-corrected chi connectivity index (χ3v) is 3.26. The largest absolute Gasteiger partial charge is 0.452 e. The van der Waals surface area contributed by atoms with Crippen LogP contribution in [0.25, 0.3) is 0 Å². The van der Waals surface area contributed by atoms with Crippen LogP contribution in [0, 0.1) is 0 Å². The van der Waals surface area contributed by atoms with Crippen molar-refractivity contribution in [1.82, 2.24) is 5.32 Å². The molecule has 21 heavy (non-hydrogen) atoms. The Morgan fingerprint density at radius 2 is 2.05 bits per heavy atom. The highest BCUT2D eigenvalue weighted by atomic mass is 35.5. The first kappa shape index (κ1) is 17.3. The van der Waals surface area contributed by atoms with Gasteiger partial charge in [-0.15, -0.1) is 0 Å². The van der Waals surface area contributed by atoms with Crippen LogP contribution in [0.5, 0.6) is 0 Å². The van der Waals surface area contributed by atoms with E-state index in [1.165, 1.54) is 18.2 Å². The predicted molar refractivity (Wildman–Crippen MR) is 83.3 cm³/mol. The van der Waals surface area contributed by atoms with Crippen LogP contribution in [-0.4, -0.2) is 25.0 Å². The van der Waals surface area contributed by atoms with Gasteiger partial charge in [0, 0.05) is 6.54 Å². The third-order valence-electron chi connectivity index (χ3n) is 2.92. The van der Waals surface area contributed by atoms with E-state index in [1.54, 1.807) is 0 Å². The van der Waals surface area contributed by atoms with Crippen LogP contribution in [-0.2, 0) is 9.53 Å². The molecule has 1 rings (SSSR count). The minimum Gasteiger partial charge on any atom is -0.452 e. The van der Waals surface area contributed by atoms with Gasteiger partial charge in [-0.3, -0.25) is 4.79 Å². The molecule has 1 aromatic carbocycles. The van der Waals surface area contributed by atoms with Crippen LogP contribution in [0.2, 0.25) is 5.02 Å². The van der Waals surface area contributed by atoms with Gasteiger partial charge in [-0.25, -0.2) is 4.79 Å². The highest BCUT2D eigenvalue weighted by Gasteiger charge is 2.11. The van der Waals surface area contributed by atoms with E-state index in [4.69, 9.17) is 22.1 Å². The molecular formula is C15H21ClN2O3. The topological polar surface area (TPSA) is 81.4 Å². The van der Waals surface area contributed by atoms with Crippen LogP contribution < -0.4 is 11.1 Å². The van der Waals surface area contributed by atoms with Crippen LogP contribution >= 0.6 is 11.6 Å². The monoisotopic (exact) mass is 312 g/mol. The lowest BCUT2D eigenvalue weighted by atomic mass is 10.2. The van der Waals surface area contributed by atoms with Crippen molar-refractivity contribution >= 4 is 29.2 Å². The summed E-state index contributed by atoms with van der Waals surface area (Å²) in [5.41, 5.74) is 6.17. The lowest BCUT2D eigenvalue weighted by Gasteiger charge is -2.07. The van der Waals surface area contributed by atoms with Gasteiger partial charge in [-0.05, 0) is 24.6 Å². The average molecular weight is 313 g/mol. The maximum absolute atomic E-state index is 11.7. The molecular weight excluding hydrogens is 292 g/mol. The normalized spacial score (nSPS) is 10.2. The van der Waals surface area contributed by atoms with Crippen LogP contribution in [0.15, 0.2) is 18.2 Å². The van der Waals surface area contributed by atoms with Gasteiger partial charge in [0.15, 0.2) is 6.61 Å². The van der Waals surface area contributed by atoms with Gasteiger partial charge in [0.1, 0.15) is 0 Å². The lowest BCUT2D eigenvalue weighted by molar-refractivity contribution is -0.124. The van der Waals surface area contributed by atoms with E-state index < -0.39 is 5.97 Å². The maximum atomic E-state index is 11.7. The summed E-state index contributed by atoms with van der Waals surface area (Å²) in [7, 11) is 0. The van der Waals surface area contributed by atoms with Gasteiger partial charge in [-0.1, -0.05) is 37.8 Å². The third kappa shape index (κ3) is 6.49. The Morgan fingerprint density at radius 1 is 1.29 bits per heavy atom. The maximum Gasteiger partial charge on any atom is 0.338 e. The zero-order chi connectivity index (χ0) is 15.7. The van der Waals surface area contributed by atoms with E-state index in [0.717, 1.165) is 25.7 Å². The fraction of sp³-hybridized carbons (Fsp3) is 0.467. The predicted octanol–water partition coefficient (Wildman–Crippen LogP) is 2.78. The first-order valence-corrected chi connectivity index (χ1v) is 7.41. The highest BCUT2D eigenvalue weighted by molar-refractivity contribution is 6.33. The zero-order valence-electron chi connectivity index (χ0n) is 12.2. The van der Waals surface area contributed by atoms with E-state index in [2.05, 4.69) is 12.2 Å². The number of nitrogen functional groups attached to an aromatic ring is 1. The van der Waals surface area contributed by atoms with Crippen molar-refractivity contribution in [3.8, 4) is 0 Å². The Hall–Kier alpha value is -1.75. The molecule has 0 atom stereocenters. The molecule has 0 spiro atoms. The molecule has 116 valence electrons. The number of amides is 1. The van der Waals surface area contributed by atoms with Crippen LogP contribution in [0.4, 0.5) is 5.69 Å². The quantitative estimate of drug-likeness (QED) is 0.439. The zero-order valence-corrected chi connectivity index (χ0v) is 12.9. The Balaban J connectivity index is 2.29. The molecule has 0 bridgehead atoms. The SMILES string of the molecule is CCCCCCNC(=O)COC(=O)c1ccc(Cl)c(N)c1. The number of hydrogen-bond acceptors (Lipinski definition) is 4. The van der Waals surface area contributed by atoms with Gasteiger partial charge in [0.05, 0.1) is 16.3 Å². The molecule has 0 aliphatic heterocycles. The number of rotatable bonds is 8. The summed E-state index contributed by atoms with van der Waals surface area (Å²) in [6, 6.07) is 4.44. The smallest absolute Gasteiger partial charge is 0.338 e. The first-order chi connectivity index (χ1) is 10.0. The molecule has 0 aliphatic carbocycles. The Kier molecular flexibility index (Phi) is 7.61. The molecule has 0 radical (unpaired) electrons. The van der Waals surface area contributed by atoms with Gasteiger partial charge in [0.25, 0.3) is 5.91 Å². The summed E-state index contributed by atoms with van der Waals surface area (Å²) in [5, 5.41) is 3.08. The number of ether oxygens (including phenoxy) is 1. The van der Waals surface area contributed by atoms with Gasteiger partial charge >= 0.3 is 5.97 Å². The van der Waals surface area contributed by atoms with Crippen molar-refractivity contribution in [2.75, 3.05) is 18.9 Å². The molecule has 0 aromatic heterocycles. The van der Waals surface area contributed by atoms with Gasteiger partial charge < -0.3 is 15.8 Å². The molecule has 3 N–H and O–H groups in total. The average Bonchev–Trinajstić information content (AvgIpc) is 2.47. The number of benzene rings is 1. The number of halogens is 1. The number of nitrogens with one attached hydrogen (secondary N) is 1. The summed E-state index contributed by atoms with van der Waals surface area (Å²) in [6.45, 7) is 2.43. The van der Waals surface area contributed by atoms with Crippen LogP contribution in [0.1, 0.15) is 43.0 Å². The number of esters is 1. The van der Waals surface area contributed by atoms with Crippen molar-refractivity contribution in [1.29, 1.82) is 0 Å². The number of unbranched alkanes of at least 4 members (excludes halogenated alkanes) is 3. The van der Waals surface area contributed by atoms with Crippen LogP contribution in [0.3, 0.4) is 0 Å². The summed E-state index contributed by atoms with van der Waals surface area (Å²) >= 11 is 5.76. The second-order valence-electron chi connectivity index (χ2n) is 4.72. The molecule has 0 fully saturated rings. The molecule has 0 aliphatic rings. The highest BCUT2D eigenvalue weighted by Crippen LogP contribution is 2.19. The first-order valence-electron chi connectivity index (χ1n) is 7.03. The van der Waals surface area contributed by atoms with E-state index >= 15 is 0 Å². The number of carbonyl (C=O) groups excluding carboxylic acids is 2. The van der Waals surface area contributed by atoms with Crippen molar-refractivity contribution in [2.24, 2.45) is 0 Å². The Morgan fingerprint density at radius 3 is 2.71 bits per heavy atom. The second kappa shape index (κ2) is 9.23. The van der Waals surface area contributed by atoms with Gasteiger partial charge in [0.2, 0.25) is 0 Å². The fourth-order valence-corrected chi connectivity index (χ4v) is 1.83. The summed E-state index contributed by atoms with van der Waals surface area (Å²) < 4.78 is 4.91. The molecule has 1 amide bonds. The fourth-order valence-electron chi connectivity index (χ4n) is 1.72. The van der Waals surface area contributed by atoms with Crippen molar-refractivity contribution in [2.45, 2.75) is 32.6 Å². The lowest BCUT2D eigenvalue weighted by Crippen LogP contribution is -2.29. The van der Waals surface area contributed by atoms with E-state index in [9.17, 15) is 9.59 Å². The molecule has 0 saturated heterocycles. The minimum absolute atomic E-state index is 0.271. The van der Waals surface area contributed by atoms with Crippen molar-refractivity contribution in [3.63, 3.8) is 0 Å². The standard InChI is InChI=1S/C15H21ClN2O3/c1-2-3-4-5-8-18-14(19)10-21-15(20)11-6-7-12(16)13(17)9-11/h6-7,9H,2-5,8,10,17H2,1H3,(H,18,19). The number of nitrogens with two attached hydrogens (primary N) is 1. The molecule has 0 unspecified atom stereocenters.